The van der Waals surface area contributed by atoms with Gasteiger partial charge in [-0.25, -0.2) is 15.0 Å². The Bertz CT molecular complexity index is 1520. The number of pyridine rings is 1. The summed E-state index contributed by atoms with van der Waals surface area (Å²) >= 11 is 2.21. The number of imidazole rings is 1. The normalized spacial score (nSPS) is 11.8. The summed E-state index contributed by atoms with van der Waals surface area (Å²) in [7, 11) is 1.87. The zero-order chi connectivity index (χ0) is 24.0. The van der Waals surface area contributed by atoms with Crippen LogP contribution in [0.5, 0.6) is 0 Å². The van der Waals surface area contributed by atoms with E-state index >= 15 is 0 Å². The van der Waals surface area contributed by atoms with Crippen LogP contribution in [0.15, 0.2) is 54.9 Å². The van der Waals surface area contributed by atoms with Crippen LogP contribution in [-0.4, -0.2) is 25.4 Å². The molecule has 0 fully saturated rings. The van der Waals surface area contributed by atoms with E-state index in [1.807, 2.05) is 48.1 Å². The number of halogens is 3. The predicted molar refractivity (Wildman–Crippen MR) is 127 cm³/mol. The third kappa shape index (κ3) is 3.97. The number of carbonyl (C=O) groups excluding carboxylic acids is 1. The minimum atomic E-state index is -4.55. The van der Waals surface area contributed by atoms with Crippen LogP contribution in [0, 0.1) is 6.92 Å². The van der Waals surface area contributed by atoms with E-state index in [4.69, 9.17) is 0 Å². The summed E-state index contributed by atoms with van der Waals surface area (Å²) in [6, 6.07) is 11.8. The summed E-state index contributed by atoms with van der Waals surface area (Å²) in [5.41, 5.74) is 1.14. The molecule has 0 saturated heterocycles. The van der Waals surface area contributed by atoms with Gasteiger partial charge in [0.25, 0.3) is 5.91 Å². The van der Waals surface area contributed by atoms with Crippen molar-refractivity contribution in [3.05, 3.63) is 71.0 Å². The molecule has 4 aromatic heterocycles. The predicted octanol–water partition coefficient (Wildman–Crippen LogP) is 6.40. The molecule has 0 aliphatic carbocycles. The molecule has 0 bridgehead atoms. The van der Waals surface area contributed by atoms with E-state index in [0.717, 1.165) is 27.8 Å². The van der Waals surface area contributed by atoms with Crippen molar-refractivity contribution < 1.29 is 18.0 Å². The van der Waals surface area contributed by atoms with Gasteiger partial charge in [0.1, 0.15) is 10.5 Å². The number of fused-ring (bicyclic) bond motifs is 1. The number of thiophene rings is 1. The molecule has 1 amide bonds. The maximum absolute atomic E-state index is 13.1. The maximum Gasteiger partial charge on any atom is 0.433 e. The SMILES string of the molecule is Cc1c(C(=O)Nc2nc(-c3ccccc3)c(-c3nccn3C)s2)sc2nc(C(F)(F)F)ccc12. The number of anilines is 1. The molecule has 0 radical (unpaired) electrons. The van der Waals surface area contributed by atoms with Crippen molar-refractivity contribution in [3.63, 3.8) is 0 Å². The van der Waals surface area contributed by atoms with Gasteiger partial charge in [-0.1, -0.05) is 41.7 Å². The number of rotatable bonds is 4. The molecule has 1 aromatic carbocycles. The Morgan fingerprint density at radius 3 is 2.50 bits per heavy atom. The molecular formula is C23H16F3N5OS2. The highest BCUT2D eigenvalue weighted by molar-refractivity contribution is 7.21. The lowest BCUT2D eigenvalue weighted by atomic mass is 10.1. The molecule has 5 aromatic rings. The molecule has 0 atom stereocenters. The maximum atomic E-state index is 13.1. The van der Waals surface area contributed by atoms with Crippen LogP contribution in [0.1, 0.15) is 20.9 Å². The number of aromatic nitrogens is 4. The largest absolute Gasteiger partial charge is 0.433 e. The molecular weight excluding hydrogens is 483 g/mol. The first kappa shape index (κ1) is 22.2. The van der Waals surface area contributed by atoms with Crippen molar-refractivity contribution in [3.8, 4) is 22.0 Å². The van der Waals surface area contributed by atoms with Crippen molar-refractivity contribution in [1.82, 2.24) is 19.5 Å². The van der Waals surface area contributed by atoms with Gasteiger partial charge in [-0.2, -0.15) is 13.2 Å². The molecule has 4 heterocycles. The number of hydrogen-bond donors (Lipinski definition) is 1. The average molecular weight is 500 g/mol. The first-order valence-electron chi connectivity index (χ1n) is 10.0. The Labute approximate surface area is 199 Å². The summed E-state index contributed by atoms with van der Waals surface area (Å²) in [6.07, 6.45) is -1.04. The Morgan fingerprint density at radius 1 is 1.06 bits per heavy atom. The van der Waals surface area contributed by atoms with Crippen LogP contribution in [0.3, 0.4) is 0 Å². The smallest absolute Gasteiger partial charge is 0.333 e. The standard InChI is InChI=1S/C23H16F3N5OS2/c1-12-14-8-9-15(23(24,25)26)28-21(14)33-17(12)20(32)30-22-29-16(13-6-4-3-5-7-13)18(34-22)19-27-10-11-31(19)2/h3-11H,1-2H3,(H,29,30,32). The van der Waals surface area contributed by atoms with Crippen molar-refractivity contribution in [2.45, 2.75) is 13.1 Å². The Hall–Kier alpha value is -3.57. The quantitative estimate of drug-likeness (QED) is 0.311. The number of nitrogens with one attached hydrogen (secondary N) is 1. The number of aryl methyl sites for hydroxylation is 2. The van der Waals surface area contributed by atoms with E-state index in [9.17, 15) is 18.0 Å². The fraction of sp³-hybridized carbons (Fsp3) is 0.130. The minimum Gasteiger partial charge on any atom is -0.333 e. The molecule has 1 N–H and O–H groups in total. The van der Waals surface area contributed by atoms with Crippen molar-refractivity contribution in [1.29, 1.82) is 0 Å². The summed E-state index contributed by atoms with van der Waals surface area (Å²) in [5, 5.41) is 3.69. The highest BCUT2D eigenvalue weighted by Crippen LogP contribution is 2.39. The van der Waals surface area contributed by atoms with Crippen molar-refractivity contribution in [2.75, 3.05) is 5.32 Å². The number of benzene rings is 1. The molecule has 5 rings (SSSR count). The van der Waals surface area contributed by atoms with E-state index < -0.39 is 17.8 Å². The number of thiazole rings is 1. The second-order valence-corrected chi connectivity index (χ2v) is 9.48. The second-order valence-electron chi connectivity index (χ2n) is 7.48. The lowest BCUT2D eigenvalue weighted by Crippen LogP contribution is -2.11. The highest BCUT2D eigenvalue weighted by Gasteiger charge is 2.33. The van der Waals surface area contributed by atoms with Gasteiger partial charge in [0.05, 0.1) is 15.4 Å². The summed E-state index contributed by atoms with van der Waals surface area (Å²) in [4.78, 5) is 27.1. The molecule has 0 saturated carbocycles. The van der Waals surface area contributed by atoms with Gasteiger partial charge in [-0.15, -0.1) is 11.3 Å². The summed E-state index contributed by atoms with van der Waals surface area (Å²) < 4.78 is 41.0. The average Bonchev–Trinajstić information content (AvgIpc) is 3.50. The number of nitrogens with zero attached hydrogens (tertiary/aromatic N) is 4. The van der Waals surface area contributed by atoms with Crippen LogP contribution < -0.4 is 5.32 Å². The van der Waals surface area contributed by atoms with Crippen LogP contribution in [0.2, 0.25) is 0 Å². The molecule has 11 heteroatoms. The lowest BCUT2D eigenvalue weighted by Gasteiger charge is -2.04. The Kier molecular flexibility index (Phi) is 5.45. The molecule has 6 nitrogen and oxygen atoms in total. The van der Waals surface area contributed by atoms with E-state index in [0.29, 0.717) is 27.6 Å². The number of carbonyl (C=O) groups is 1. The number of hydrogen-bond acceptors (Lipinski definition) is 6. The minimum absolute atomic E-state index is 0.162. The Balaban J connectivity index is 1.52. The molecule has 34 heavy (non-hydrogen) atoms. The lowest BCUT2D eigenvalue weighted by molar-refractivity contribution is -0.140. The highest BCUT2D eigenvalue weighted by atomic mass is 32.1. The molecule has 172 valence electrons. The van der Waals surface area contributed by atoms with Gasteiger partial charge >= 0.3 is 6.18 Å². The zero-order valence-corrected chi connectivity index (χ0v) is 19.5. The third-order valence-corrected chi connectivity index (χ3v) is 7.39. The second kappa shape index (κ2) is 8.33. The van der Waals surface area contributed by atoms with Gasteiger partial charge in [0.2, 0.25) is 0 Å². The van der Waals surface area contributed by atoms with Gasteiger partial charge < -0.3 is 4.57 Å². The van der Waals surface area contributed by atoms with E-state index in [1.165, 1.54) is 17.4 Å². The Morgan fingerprint density at radius 2 is 1.82 bits per heavy atom. The number of alkyl halides is 3. The molecule has 0 spiro atoms. The first-order valence-corrected chi connectivity index (χ1v) is 11.7. The van der Waals surface area contributed by atoms with E-state index in [1.54, 1.807) is 13.1 Å². The number of amides is 1. The third-order valence-electron chi connectivity index (χ3n) is 5.22. The van der Waals surface area contributed by atoms with Crippen molar-refractivity contribution in [2.24, 2.45) is 7.05 Å². The molecule has 0 unspecified atom stereocenters. The zero-order valence-electron chi connectivity index (χ0n) is 17.8. The van der Waals surface area contributed by atoms with Crippen LogP contribution in [0.25, 0.3) is 32.2 Å². The van der Waals surface area contributed by atoms with Crippen LogP contribution in [0.4, 0.5) is 18.3 Å². The van der Waals surface area contributed by atoms with Gasteiger partial charge in [-0.3, -0.25) is 10.1 Å². The molecule has 0 aliphatic heterocycles. The monoisotopic (exact) mass is 499 g/mol. The summed E-state index contributed by atoms with van der Waals surface area (Å²) in [6.45, 7) is 1.69. The van der Waals surface area contributed by atoms with E-state index in [-0.39, 0.29) is 9.71 Å². The topological polar surface area (TPSA) is 72.7 Å². The first-order chi connectivity index (χ1) is 16.2. The van der Waals surface area contributed by atoms with Crippen LogP contribution >= 0.6 is 22.7 Å². The molecule has 0 aliphatic rings. The summed E-state index contributed by atoms with van der Waals surface area (Å²) in [5.74, 6) is 0.257. The van der Waals surface area contributed by atoms with Crippen molar-refractivity contribution >= 4 is 43.9 Å². The fourth-order valence-corrected chi connectivity index (χ4v) is 5.63. The fourth-order valence-electron chi connectivity index (χ4n) is 3.53. The van der Waals surface area contributed by atoms with Crippen LogP contribution in [-0.2, 0) is 13.2 Å². The van der Waals surface area contributed by atoms with Gasteiger partial charge in [-0.05, 0) is 24.6 Å². The van der Waals surface area contributed by atoms with Gasteiger partial charge in [0, 0.05) is 30.4 Å². The van der Waals surface area contributed by atoms with Gasteiger partial charge in [0.15, 0.2) is 11.0 Å². The van der Waals surface area contributed by atoms with E-state index in [2.05, 4.69) is 20.3 Å².